The summed E-state index contributed by atoms with van der Waals surface area (Å²) in [7, 11) is 0. The summed E-state index contributed by atoms with van der Waals surface area (Å²) in [5.74, 6) is -0.669. The number of aromatic carboxylic acids is 1. The normalized spacial score (nSPS) is 21.8. The summed E-state index contributed by atoms with van der Waals surface area (Å²) in [5.41, 5.74) is 0.464. The summed E-state index contributed by atoms with van der Waals surface area (Å²) < 4.78 is 0. The van der Waals surface area contributed by atoms with Crippen molar-refractivity contribution >= 4 is 29.2 Å². The van der Waals surface area contributed by atoms with E-state index >= 15 is 0 Å². The van der Waals surface area contributed by atoms with Crippen LogP contribution in [-0.2, 0) is 4.79 Å². The van der Waals surface area contributed by atoms with E-state index < -0.39 is 5.97 Å². The first-order chi connectivity index (χ1) is 9.99. The quantitative estimate of drug-likeness (QED) is 0.799. The molecular formula is C15H19ClN2O3. The molecule has 0 aliphatic carbocycles. The van der Waals surface area contributed by atoms with Gasteiger partial charge in [0.1, 0.15) is 0 Å². The maximum atomic E-state index is 12.3. The van der Waals surface area contributed by atoms with Crippen molar-refractivity contribution < 1.29 is 14.7 Å². The van der Waals surface area contributed by atoms with Gasteiger partial charge in [0.15, 0.2) is 0 Å². The number of hydrogen-bond acceptors (Lipinski definition) is 3. The molecule has 1 heterocycles. The molecule has 2 rings (SSSR count). The van der Waals surface area contributed by atoms with Crippen molar-refractivity contribution in [2.24, 2.45) is 5.92 Å². The monoisotopic (exact) mass is 310 g/mol. The molecule has 1 aliphatic heterocycles. The largest absolute Gasteiger partial charge is 0.478 e. The standard InChI is InChI=1S/C15H19ClN2O3/c1-2-9-3-4-17-13(5-9)14(19)18-12-7-10(15(20)21)6-11(16)8-12/h6-9,13,17H,2-5H2,1H3,(H,18,19)(H,20,21). The zero-order chi connectivity index (χ0) is 15.4. The molecular weight excluding hydrogens is 292 g/mol. The fourth-order valence-electron chi connectivity index (χ4n) is 2.58. The Morgan fingerprint density at radius 2 is 2.19 bits per heavy atom. The number of halogens is 1. The first-order valence-electron chi connectivity index (χ1n) is 7.07. The highest BCUT2D eigenvalue weighted by Gasteiger charge is 2.26. The molecule has 0 saturated carbocycles. The van der Waals surface area contributed by atoms with Crippen molar-refractivity contribution in [2.45, 2.75) is 32.2 Å². The third kappa shape index (κ3) is 4.19. The molecule has 3 N–H and O–H groups in total. The number of nitrogens with one attached hydrogen (secondary N) is 2. The van der Waals surface area contributed by atoms with Crippen LogP contribution in [0.15, 0.2) is 18.2 Å². The fraction of sp³-hybridized carbons (Fsp3) is 0.467. The summed E-state index contributed by atoms with van der Waals surface area (Å²) in [5, 5.41) is 15.2. The summed E-state index contributed by atoms with van der Waals surface area (Å²) >= 11 is 5.88. The summed E-state index contributed by atoms with van der Waals surface area (Å²) in [6.07, 6.45) is 2.95. The van der Waals surface area contributed by atoms with Crippen molar-refractivity contribution in [2.75, 3.05) is 11.9 Å². The second-order valence-corrected chi connectivity index (χ2v) is 5.76. The van der Waals surface area contributed by atoms with E-state index in [1.807, 2.05) is 0 Å². The molecule has 2 atom stereocenters. The van der Waals surface area contributed by atoms with E-state index in [2.05, 4.69) is 17.6 Å². The Hall–Kier alpha value is -1.59. The average molecular weight is 311 g/mol. The summed E-state index contributed by atoms with van der Waals surface area (Å²) in [6.45, 7) is 2.95. The Morgan fingerprint density at radius 1 is 1.43 bits per heavy atom. The predicted octanol–water partition coefficient (Wildman–Crippen LogP) is 2.75. The molecule has 5 nitrogen and oxygen atoms in total. The molecule has 21 heavy (non-hydrogen) atoms. The van der Waals surface area contributed by atoms with Gasteiger partial charge in [0.05, 0.1) is 11.6 Å². The van der Waals surface area contributed by atoms with Gasteiger partial charge in [-0.1, -0.05) is 24.9 Å². The molecule has 114 valence electrons. The van der Waals surface area contributed by atoms with Crippen molar-refractivity contribution in [1.82, 2.24) is 5.32 Å². The Kier molecular flexibility index (Phi) is 5.20. The van der Waals surface area contributed by atoms with Crippen molar-refractivity contribution in [3.05, 3.63) is 28.8 Å². The minimum Gasteiger partial charge on any atom is -0.478 e. The minimum atomic E-state index is -1.07. The van der Waals surface area contributed by atoms with Crippen LogP contribution in [0.1, 0.15) is 36.5 Å². The van der Waals surface area contributed by atoms with Gasteiger partial charge < -0.3 is 15.7 Å². The van der Waals surface area contributed by atoms with Gasteiger partial charge in [-0.3, -0.25) is 4.79 Å². The number of anilines is 1. The van der Waals surface area contributed by atoms with Crippen molar-refractivity contribution in [1.29, 1.82) is 0 Å². The Labute approximate surface area is 128 Å². The van der Waals surface area contributed by atoms with Crippen molar-refractivity contribution in [3.63, 3.8) is 0 Å². The van der Waals surface area contributed by atoms with Gasteiger partial charge in [-0.2, -0.15) is 0 Å². The number of carbonyl (C=O) groups excluding carboxylic acids is 1. The van der Waals surface area contributed by atoms with Crippen LogP contribution in [-0.4, -0.2) is 29.6 Å². The van der Waals surface area contributed by atoms with E-state index in [9.17, 15) is 9.59 Å². The van der Waals surface area contributed by atoms with Crippen LogP contribution in [0.4, 0.5) is 5.69 Å². The van der Waals surface area contributed by atoms with E-state index in [1.54, 1.807) is 6.07 Å². The zero-order valence-electron chi connectivity index (χ0n) is 11.9. The van der Waals surface area contributed by atoms with E-state index in [-0.39, 0.29) is 22.5 Å². The van der Waals surface area contributed by atoms with Crippen LogP contribution in [0.25, 0.3) is 0 Å². The lowest BCUT2D eigenvalue weighted by Gasteiger charge is -2.28. The number of benzene rings is 1. The first kappa shape index (κ1) is 15.8. The zero-order valence-corrected chi connectivity index (χ0v) is 12.6. The van der Waals surface area contributed by atoms with Crippen LogP contribution in [0.5, 0.6) is 0 Å². The molecule has 6 heteroatoms. The number of carboxylic acids is 1. The Morgan fingerprint density at radius 3 is 2.86 bits per heavy atom. The van der Waals surface area contributed by atoms with Crippen LogP contribution in [0, 0.1) is 5.92 Å². The Bertz CT molecular complexity index is 548. The number of amides is 1. The highest BCUT2D eigenvalue weighted by molar-refractivity contribution is 6.31. The second-order valence-electron chi connectivity index (χ2n) is 5.33. The van der Waals surface area contributed by atoms with Gasteiger partial charge in [0.2, 0.25) is 5.91 Å². The molecule has 1 saturated heterocycles. The lowest BCUT2D eigenvalue weighted by atomic mass is 9.90. The van der Waals surface area contributed by atoms with Gasteiger partial charge in [-0.15, -0.1) is 0 Å². The molecule has 1 aromatic carbocycles. The Balaban J connectivity index is 2.07. The third-order valence-corrected chi connectivity index (χ3v) is 4.04. The van der Waals surface area contributed by atoms with E-state index in [4.69, 9.17) is 16.7 Å². The third-order valence-electron chi connectivity index (χ3n) is 3.82. The van der Waals surface area contributed by atoms with Crippen molar-refractivity contribution in [3.8, 4) is 0 Å². The number of hydrogen-bond donors (Lipinski definition) is 3. The first-order valence-corrected chi connectivity index (χ1v) is 7.45. The molecule has 1 aromatic rings. The molecule has 2 unspecified atom stereocenters. The smallest absolute Gasteiger partial charge is 0.335 e. The van der Waals surface area contributed by atoms with Crippen LogP contribution in [0.2, 0.25) is 5.02 Å². The highest BCUT2D eigenvalue weighted by Crippen LogP contribution is 2.22. The fourth-order valence-corrected chi connectivity index (χ4v) is 2.82. The topological polar surface area (TPSA) is 78.4 Å². The number of carbonyl (C=O) groups is 2. The van der Waals surface area contributed by atoms with Gasteiger partial charge in [0, 0.05) is 10.7 Å². The molecule has 0 radical (unpaired) electrons. The van der Waals surface area contributed by atoms with Gasteiger partial charge >= 0.3 is 5.97 Å². The molecule has 1 amide bonds. The maximum absolute atomic E-state index is 12.3. The van der Waals surface area contributed by atoms with Crippen LogP contribution in [0.3, 0.4) is 0 Å². The lowest BCUT2D eigenvalue weighted by molar-refractivity contribution is -0.119. The maximum Gasteiger partial charge on any atom is 0.335 e. The minimum absolute atomic E-state index is 0.0563. The summed E-state index contributed by atoms with van der Waals surface area (Å²) in [4.78, 5) is 23.2. The van der Waals surface area contributed by atoms with E-state index in [0.29, 0.717) is 11.6 Å². The number of carboxylic acid groups (broad SMARTS) is 1. The van der Waals surface area contributed by atoms with Crippen LogP contribution >= 0.6 is 11.6 Å². The lowest BCUT2D eigenvalue weighted by Crippen LogP contribution is -2.46. The van der Waals surface area contributed by atoms with Gasteiger partial charge in [-0.25, -0.2) is 4.79 Å². The SMILES string of the molecule is CCC1CCNC(C(=O)Nc2cc(Cl)cc(C(=O)O)c2)C1. The van der Waals surface area contributed by atoms with E-state index in [0.717, 1.165) is 25.8 Å². The molecule has 1 fully saturated rings. The van der Waals surface area contributed by atoms with E-state index in [1.165, 1.54) is 12.1 Å². The highest BCUT2D eigenvalue weighted by atomic mass is 35.5. The molecule has 0 bridgehead atoms. The van der Waals surface area contributed by atoms with Gasteiger partial charge in [-0.05, 0) is 43.5 Å². The average Bonchev–Trinajstić information content (AvgIpc) is 2.46. The molecule has 1 aliphatic rings. The van der Waals surface area contributed by atoms with Crippen LogP contribution < -0.4 is 10.6 Å². The number of piperidine rings is 1. The predicted molar refractivity (Wildman–Crippen MR) is 81.8 cm³/mol. The number of rotatable bonds is 4. The summed E-state index contributed by atoms with van der Waals surface area (Å²) in [6, 6.07) is 4.07. The molecule has 0 aromatic heterocycles. The van der Waals surface area contributed by atoms with Gasteiger partial charge in [0.25, 0.3) is 0 Å². The molecule has 0 spiro atoms. The second kappa shape index (κ2) is 6.91.